The largest absolute Gasteiger partial charge is 0.481 e. The quantitative estimate of drug-likeness (QED) is 0.359. The minimum Gasteiger partial charge on any atom is -0.481 e. The average Bonchev–Trinajstić information content (AvgIpc) is 3.02. The SMILES string of the molecule is CC(C)C(=O)c1ccc2c(c1)CCN(CC[C@H]1CC[C@H](NC(=O)CCSCC(=O)O)CC1)CC2. The van der Waals surface area contributed by atoms with Crippen molar-refractivity contribution in [3.8, 4) is 0 Å². The van der Waals surface area contributed by atoms with Crippen molar-refractivity contribution in [1.29, 1.82) is 0 Å². The highest BCUT2D eigenvalue weighted by Gasteiger charge is 2.23. The predicted molar refractivity (Wildman–Crippen MR) is 138 cm³/mol. The Morgan fingerprint density at radius 3 is 2.47 bits per heavy atom. The van der Waals surface area contributed by atoms with E-state index in [1.165, 1.54) is 29.3 Å². The smallest absolute Gasteiger partial charge is 0.313 e. The zero-order valence-electron chi connectivity index (χ0n) is 20.7. The molecule has 0 aromatic heterocycles. The predicted octanol–water partition coefficient (Wildman–Crippen LogP) is 4.20. The van der Waals surface area contributed by atoms with Gasteiger partial charge in [-0.2, -0.15) is 0 Å². The van der Waals surface area contributed by atoms with Gasteiger partial charge in [-0.15, -0.1) is 11.8 Å². The molecule has 0 atom stereocenters. The molecule has 1 aromatic rings. The Kier molecular flexibility index (Phi) is 10.5. The number of carboxylic acids is 1. The summed E-state index contributed by atoms with van der Waals surface area (Å²) in [5, 5.41) is 11.8. The molecule has 34 heavy (non-hydrogen) atoms. The van der Waals surface area contributed by atoms with Gasteiger partial charge >= 0.3 is 5.97 Å². The molecule has 0 radical (unpaired) electrons. The number of carboxylic acid groups (broad SMARTS) is 1. The molecule has 0 unspecified atom stereocenters. The number of hydrogen-bond acceptors (Lipinski definition) is 5. The molecule has 2 N–H and O–H groups in total. The maximum absolute atomic E-state index is 12.4. The van der Waals surface area contributed by atoms with Crippen LogP contribution >= 0.6 is 11.8 Å². The first kappa shape index (κ1) is 26.7. The summed E-state index contributed by atoms with van der Waals surface area (Å²) in [5.41, 5.74) is 3.58. The van der Waals surface area contributed by atoms with Crippen molar-refractivity contribution >= 4 is 29.4 Å². The lowest BCUT2D eigenvalue weighted by molar-refractivity contribution is -0.134. The van der Waals surface area contributed by atoms with E-state index in [0.717, 1.165) is 69.6 Å². The summed E-state index contributed by atoms with van der Waals surface area (Å²) in [5.74, 6) is 0.812. The van der Waals surface area contributed by atoms with Gasteiger partial charge in [-0.1, -0.05) is 26.0 Å². The standard InChI is InChI=1S/C27H40N2O4S/c1-19(2)27(33)23-6-5-21-10-14-29(15-11-22(21)17-23)13-9-20-3-7-24(8-4-20)28-25(30)12-16-34-18-26(31)32/h5-6,17,19-20,24H,3-4,7-16,18H2,1-2H3,(H,28,30)(H,31,32)/t20-,24-. The number of Topliss-reactive ketones (excluding diaryl/α,β-unsaturated/α-hetero) is 1. The lowest BCUT2D eigenvalue weighted by atomic mass is 9.84. The average molecular weight is 489 g/mol. The summed E-state index contributed by atoms with van der Waals surface area (Å²) >= 11 is 1.29. The molecular weight excluding hydrogens is 448 g/mol. The first-order valence-corrected chi connectivity index (χ1v) is 13.9. The van der Waals surface area contributed by atoms with Gasteiger partial charge in [0.2, 0.25) is 5.91 Å². The van der Waals surface area contributed by atoms with E-state index in [0.29, 0.717) is 12.2 Å². The van der Waals surface area contributed by atoms with Crippen molar-refractivity contribution in [3.05, 3.63) is 34.9 Å². The molecule has 2 aliphatic rings. The van der Waals surface area contributed by atoms with Crippen LogP contribution in [-0.4, -0.2) is 64.8 Å². The monoisotopic (exact) mass is 488 g/mol. The number of carbonyl (C=O) groups is 3. The maximum atomic E-state index is 12.4. The topological polar surface area (TPSA) is 86.7 Å². The number of fused-ring (bicyclic) bond motifs is 1. The minimum atomic E-state index is -0.833. The third kappa shape index (κ3) is 8.42. The molecular formula is C27H40N2O4S. The molecule has 3 rings (SSSR count). The van der Waals surface area contributed by atoms with Crippen LogP contribution in [0.4, 0.5) is 0 Å². The van der Waals surface area contributed by atoms with Crippen molar-refractivity contribution in [2.45, 2.75) is 71.3 Å². The van der Waals surface area contributed by atoms with Gasteiger partial charge in [-0.25, -0.2) is 0 Å². The van der Waals surface area contributed by atoms with Gasteiger partial charge in [-0.05, 0) is 74.6 Å². The number of rotatable bonds is 11. The highest BCUT2D eigenvalue weighted by Crippen LogP contribution is 2.28. The maximum Gasteiger partial charge on any atom is 0.313 e. The number of aliphatic carboxylic acids is 1. The van der Waals surface area contributed by atoms with Crippen molar-refractivity contribution in [3.63, 3.8) is 0 Å². The van der Waals surface area contributed by atoms with E-state index in [4.69, 9.17) is 5.11 Å². The normalized spacial score (nSPS) is 21.0. The molecule has 1 aliphatic heterocycles. The number of nitrogens with zero attached hydrogens (tertiary/aromatic N) is 1. The van der Waals surface area contributed by atoms with Crippen LogP contribution in [0.15, 0.2) is 18.2 Å². The Labute approximate surface area is 208 Å². The number of ketones is 1. The first-order valence-electron chi connectivity index (χ1n) is 12.8. The van der Waals surface area contributed by atoms with Gasteiger partial charge < -0.3 is 15.3 Å². The Hall–Kier alpha value is -1.86. The highest BCUT2D eigenvalue weighted by molar-refractivity contribution is 7.99. The van der Waals surface area contributed by atoms with Gasteiger partial charge in [0, 0.05) is 42.8 Å². The van der Waals surface area contributed by atoms with E-state index < -0.39 is 5.97 Å². The van der Waals surface area contributed by atoms with Crippen LogP contribution in [0.25, 0.3) is 0 Å². The number of carbonyl (C=O) groups excluding carboxylic acids is 2. The molecule has 1 aromatic carbocycles. The second-order valence-electron chi connectivity index (χ2n) is 10.1. The van der Waals surface area contributed by atoms with E-state index >= 15 is 0 Å². The van der Waals surface area contributed by atoms with Gasteiger partial charge in [0.15, 0.2) is 5.78 Å². The molecule has 7 heteroatoms. The Bertz CT molecular complexity index is 849. The molecule has 1 fully saturated rings. The summed E-state index contributed by atoms with van der Waals surface area (Å²) in [4.78, 5) is 37.6. The second-order valence-corrected chi connectivity index (χ2v) is 11.2. The molecule has 1 aliphatic carbocycles. The highest BCUT2D eigenvalue weighted by atomic mass is 32.2. The van der Waals surface area contributed by atoms with Crippen LogP contribution in [0.1, 0.15) is 73.9 Å². The van der Waals surface area contributed by atoms with Crippen LogP contribution < -0.4 is 5.32 Å². The third-order valence-electron chi connectivity index (χ3n) is 7.17. The molecule has 0 spiro atoms. The molecule has 6 nitrogen and oxygen atoms in total. The number of hydrogen-bond donors (Lipinski definition) is 2. The fraction of sp³-hybridized carbons (Fsp3) is 0.667. The van der Waals surface area contributed by atoms with Crippen LogP contribution in [0, 0.1) is 11.8 Å². The summed E-state index contributed by atoms with van der Waals surface area (Å²) in [6.45, 7) is 7.17. The van der Waals surface area contributed by atoms with Gasteiger partial charge in [0.1, 0.15) is 0 Å². The summed E-state index contributed by atoms with van der Waals surface area (Å²) in [6.07, 6.45) is 8.06. The first-order chi connectivity index (χ1) is 16.3. The molecule has 0 saturated heterocycles. The van der Waals surface area contributed by atoms with Gasteiger partial charge in [-0.3, -0.25) is 14.4 Å². The van der Waals surface area contributed by atoms with Crippen molar-refractivity contribution < 1.29 is 19.5 Å². The van der Waals surface area contributed by atoms with Crippen LogP contribution in [0.3, 0.4) is 0 Å². The lowest BCUT2D eigenvalue weighted by Crippen LogP contribution is -2.38. The molecule has 1 saturated carbocycles. The number of nitrogens with one attached hydrogen (secondary N) is 1. The molecule has 0 bridgehead atoms. The van der Waals surface area contributed by atoms with Crippen molar-refractivity contribution in [2.75, 3.05) is 31.1 Å². The minimum absolute atomic E-state index is 0.0338. The zero-order chi connectivity index (χ0) is 24.5. The summed E-state index contributed by atoms with van der Waals surface area (Å²) in [6, 6.07) is 6.56. The lowest BCUT2D eigenvalue weighted by Gasteiger charge is -2.30. The van der Waals surface area contributed by atoms with E-state index in [1.54, 1.807) is 0 Å². The third-order valence-corrected chi connectivity index (χ3v) is 8.12. The number of benzene rings is 1. The van der Waals surface area contributed by atoms with Gasteiger partial charge in [0.25, 0.3) is 0 Å². The molecule has 188 valence electrons. The van der Waals surface area contributed by atoms with E-state index in [-0.39, 0.29) is 29.4 Å². The summed E-state index contributed by atoms with van der Waals surface area (Å²) < 4.78 is 0. The fourth-order valence-electron chi connectivity index (χ4n) is 5.07. The van der Waals surface area contributed by atoms with Crippen LogP contribution in [-0.2, 0) is 22.4 Å². The number of thioether (sulfide) groups is 1. The van der Waals surface area contributed by atoms with Crippen LogP contribution in [0.2, 0.25) is 0 Å². The van der Waals surface area contributed by atoms with Crippen molar-refractivity contribution in [1.82, 2.24) is 10.2 Å². The fourth-order valence-corrected chi connectivity index (χ4v) is 5.72. The number of amides is 1. The summed E-state index contributed by atoms with van der Waals surface area (Å²) in [7, 11) is 0. The van der Waals surface area contributed by atoms with E-state index in [1.807, 2.05) is 19.9 Å². The van der Waals surface area contributed by atoms with E-state index in [2.05, 4.69) is 22.3 Å². The van der Waals surface area contributed by atoms with Crippen LogP contribution in [0.5, 0.6) is 0 Å². The molecule has 1 amide bonds. The molecule has 1 heterocycles. The Morgan fingerprint density at radius 2 is 1.79 bits per heavy atom. The van der Waals surface area contributed by atoms with Crippen molar-refractivity contribution in [2.24, 2.45) is 11.8 Å². The van der Waals surface area contributed by atoms with Gasteiger partial charge in [0.05, 0.1) is 5.75 Å². The van der Waals surface area contributed by atoms with E-state index in [9.17, 15) is 14.4 Å². The second kappa shape index (κ2) is 13.3. The zero-order valence-corrected chi connectivity index (χ0v) is 21.5. The Balaban J connectivity index is 1.35. The Morgan fingerprint density at radius 1 is 1.09 bits per heavy atom.